The zero-order chi connectivity index (χ0) is 19.8. The summed E-state index contributed by atoms with van der Waals surface area (Å²) in [6, 6.07) is 1.81. The fourth-order valence-corrected chi connectivity index (χ4v) is 3.78. The number of thioether (sulfide) groups is 1. The number of rotatable bonds is 8. The van der Waals surface area contributed by atoms with Crippen molar-refractivity contribution in [3.63, 3.8) is 0 Å². The average Bonchev–Trinajstić information content (AvgIpc) is 2.62. The Morgan fingerprint density at radius 2 is 2.19 bits per heavy atom. The molecule has 2 amide bonds. The fraction of sp³-hybridized carbons (Fsp3) is 0.647. The first kappa shape index (κ1) is 21.7. The van der Waals surface area contributed by atoms with Crippen LogP contribution in [0.25, 0.3) is 0 Å². The minimum absolute atomic E-state index is 0.0788. The van der Waals surface area contributed by atoms with E-state index in [0.717, 1.165) is 6.42 Å². The maximum Gasteiger partial charge on any atom is 0.230 e. The van der Waals surface area contributed by atoms with Crippen molar-refractivity contribution in [3.05, 3.63) is 11.2 Å². The summed E-state index contributed by atoms with van der Waals surface area (Å²) in [4.78, 5) is 36.2. The molecule has 1 N–H and O–H groups in total. The van der Waals surface area contributed by atoms with Gasteiger partial charge in [0.25, 0.3) is 0 Å². The number of hydrogen-bond acceptors (Lipinski definition) is 7. The quantitative estimate of drug-likeness (QED) is 0.297. The van der Waals surface area contributed by atoms with Gasteiger partial charge in [-0.25, -0.2) is 9.97 Å². The van der Waals surface area contributed by atoms with Gasteiger partial charge in [0.1, 0.15) is 11.0 Å². The number of ether oxygens (including phenoxy) is 1. The van der Waals surface area contributed by atoms with Gasteiger partial charge in [0.2, 0.25) is 11.8 Å². The summed E-state index contributed by atoms with van der Waals surface area (Å²) in [5, 5.41) is 3.63. The van der Waals surface area contributed by atoms with Crippen LogP contribution in [-0.4, -0.2) is 78.4 Å². The van der Waals surface area contributed by atoms with Crippen molar-refractivity contribution in [1.82, 2.24) is 20.2 Å². The van der Waals surface area contributed by atoms with E-state index in [1.54, 1.807) is 20.1 Å². The van der Waals surface area contributed by atoms with Gasteiger partial charge >= 0.3 is 0 Å². The monoisotopic (exact) mass is 415 g/mol. The molecule has 0 radical (unpaired) electrons. The Balaban J connectivity index is 1.92. The van der Waals surface area contributed by atoms with E-state index >= 15 is 0 Å². The molecule has 2 rings (SSSR count). The van der Waals surface area contributed by atoms with Crippen LogP contribution in [0.2, 0.25) is 5.15 Å². The lowest BCUT2D eigenvalue weighted by Crippen LogP contribution is -2.53. The maximum atomic E-state index is 11.9. The molecule has 150 valence electrons. The molecule has 10 heteroatoms. The Labute approximate surface area is 169 Å². The van der Waals surface area contributed by atoms with Crippen LogP contribution < -0.4 is 10.2 Å². The minimum Gasteiger partial charge on any atom is -0.385 e. The number of aromatic nitrogens is 2. The Kier molecular flexibility index (Phi) is 8.59. The van der Waals surface area contributed by atoms with E-state index in [9.17, 15) is 9.59 Å². The molecule has 1 aromatic heterocycles. The Hall–Kier alpha value is -1.58. The summed E-state index contributed by atoms with van der Waals surface area (Å²) in [5.74, 6) is 0.940. The predicted octanol–water partition coefficient (Wildman–Crippen LogP) is 1.43. The molecule has 0 unspecified atom stereocenters. The third-order valence-electron chi connectivity index (χ3n) is 4.20. The van der Waals surface area contributed by atoms with Crippen LogP contribution in [-0.2, 0) is 14.3 Å². The van der Waals surface area contributed by atoms with E-state index in [1.807, 2.05) is 11.8 Å². The van der Waals surface area contributed by atoms with Crippen molar-refractivity contribution in [2.75, 3.05) is 50.5 Å². The van der Waals surface area contributed by atoms with Crippen molar-refractivity contribution < 1.29 is 14.3 Å². The lowest BCUT2D eigenvalue weighted by atomic mass is 10.2. The smallest absolute Gasteiger partial charge is 0.230 e. The van der Waals surface area contributed by atoms with Gasteiger partial charge < -0.3 is 19.9 Å². The zero-order valence-corrected chi connectivity index (χ0v) is 17.5. The third-order valence-corrected chi connectivity index (χ3v) is 5.24. The normalized spacial score (nSPS) is 17.1. The van der Waals surface area contributed by atoms with Gasteiger partial charge in [-0.05, 0) is 13.3 Å². The highest BCUT2D eigenvalue weighted by Crippen LogP contribution is 2.24. The van der Waals surface area contributed by atoms with Crippen LogP contribution in [0.3, 0.4) is 0 Å². The summed E-state index contributed by atoms with van der Waals surface area (Å²) >= 11 is 7.40. The molecule has 0 aliphatic carbocycles. The molecule has 1 aromatic rings. The highest BCUT2D eigenvalue weighted by Gasteiger charge is 2.26. The number of anilines is 1. The van der Waals surface area contributed by atoms with Crippen molar-refractivity contribution in [2.45, 2.75) is 31.5 Å². The first-order chi connectivity index (χ1) is 12.9. The van der Waals surface area contributed by atoms with Gasteiger partial charge in [-0.3, -0.25) is 9.59 Å². The number of halogens is 1. The number of nitrogens with one attached hydrogen (secondary N) is 1. The van der Waals surface area contributed by atoms with Gasteiger partial charge in [0.15, 0.2) is 5.16 Å². The van der Waals surface area contributed by atoms with Crippen LogP contribution in [0.5, 0.6) is 0 Å². The molecule has 1 atom stereocenters. The molecule has 2 heterocycles. The van der Waals surface area contributed by atoms with Gasteiger partial charge in [0, 0.05) is 58.9 Å². The summed E-state index contributed by atoms with van der Waals surface area (Å²) in [6.07, 6.45) is 0.773. The van der Waals surface area contributed by atoms with E-state index in [0.29, 0.717) is 48.9 Å². The van der Waals surface area contributed by atoms with Crippen LogP contribution in [0.15, 0.2) is 11.2 Å². The number of carbonyl (C=O) groups is 2. The molecule has 0 bridgehead atoms. The van der Waals surface area contributed by atoms with Crippen LogP contribution in [0.4, 0.5) is 5.82 Å². The van der Waals surface area contributed by atoms with Crippen LogP contribution in [0.1, 0.15) is 20.3 Å². The van der Waals surface area contributed by atoms with E-state index in [2.05, 4.69) is 20.2 Å². The predicted molar refractivity (Wildman–Crippen MR) is 106 cm³/mol. The topological polar surface area (TPSA) is 87.7 Å². The molecule has 8 nitrogen and oxygen atoms in total. The Morgan fingerprint density at radius 1 is 1.41 bits per heavy atom. The standard InChI is InChI=1S/C17H26ClN5O3S/c1-12-10-22(6-7-23(12)13(2)24)15-9-14(18)20-17(21-15)27-11-16(25)19-5-4-8-26-3/h9,12H,4-8,10-11H2,1-3H3,(H,19,25)/t12-/m0/s1. The second-order valence-corrected chi connectivity index (χ2v) is 7.65. The third kappa shape index (κ3) is 6.82. The van der Waals surface area contributed by atoms with Gasteiger partial charge in [-0.2, -0.15) is 0 Å². The summed E-state index contributed by atoms with van der Waals surface area (Å²) in [5.41, 5.74) is 0. The number of methoxy groups -OCH3 is 1. The van der Waals surface area contributed by atoms with E-state index in [1.165, 1.54) is 11.8 Å². The van der Waals surface area contributed by atoms with Crippen molar-refractivity contribution >= 4 is 41.0 Å². The second-order valence-electron chi connectivity index (χ2n) is 6.32. The second kappa shape index (κ2) is 10.7. The lowest BCUT2D eigenvalue weighted by molar-refractivity contribution is -0.131. The molecule has 1 saturated heterocycles. The van der Waals surface area contributed by atoms with Gasteiger partial charge in [0.05, 0.1) is 5.75 Å². The SMILES string of the molecule is COCCCNC(=O)CSc1nc(Cl)cc(N2CCN(C(C)=O)[C@@H](C)C2)n1. The minimum atomic E-state index is -0.0788. The van der Waals surface area contributed by atoms with Crippen LogP contribution in [0, 0.1) is 0 Å². The van der Waals surface area contributed by atoms with Crippen molar-refractivity contribution in [3.8, 4) is 0 Å². The summed E-state index contributed by atoms with van der Waals surface area (Å²) in [6.45, 7) is 6.79. The largest absolute Gasteiger partial charge is 0.385 e. The first-order valence-electron chi connectivity index (χ1n) is 8.86. The van der Waals surface area contributed by atoms with Crippen LogP contribution >= 0.6 is 23.4 Å². The molecule has 1 aliphatic heterocycles. The van der Waals surface area contributed by atoms with Crippen molar-refractivity contribution in [2.24, 2.45) is 0 Å². The van der Waals surface area contributed by atoms with Crippen molar-refractivity contribution in [1.29, 1.82) is 0 Å². The highest BCUT2D eigenvalue weighted by atomic mass is 35.5. The molecule has 0 saturated carbocycles. The molecular formula is C17H26ClN5O3S. The maximum absolute atomic E-state index is 11.9. The van der Waals surface area contributed by atoms with Gasteiger partial charge in [-0.15, -0.1) is 0 Å². The lowest BCUT2D eigenvalue weighted by Gasteiger charge is -2.40. The summed E-state index contributed by atoms with van der Waals surface area (Å²) in [7, 11) is 1.63. The summed E-state index contributed by atoms with van der Waals surface area (Å²) < 4.78 is 4.95. The molecule has 0 aromatic carbocycles. The molecule has 1 fully saturated rings. The molecule has 0 spiro atoms. The highest BCUT2D eigenvalue weighted by molar-refractivity contribution is 7.99. The first-order valence-corrected chi connectivity index (χ1v) is 10.2. The Morgan fingerprint density at radius 3 is 2.85 bits per heavy atom. The van der Waals surface area contributed by atoms with E-state index in [4.69, 9.17) is 16.3 Å². The fourth-order valence-electron chi connectivity index (χ4n) is 2.87. The number of nitrogens with zero attached hydrogens (tertiary/aromatic N) is 4. The molecular weight excluding hydrogens is 390 g/mol. The molecule has 1 aliphatic rings. The number of piperazine rings is 1. The Bertz CT molecular complexity index is 663. The van der Waals surface area contributed by atoms with Gasteiger partial charge in [-0.1, -0.05) is 23.4 Å². The number of carbonyl (C=O) groups excluding carboxylic acids is 2. The number of hydrogen-bond donors (Lipinski definition) is 1. The van der Waals surface area contributed by atoms with E-state index < -0.39 is 0 Å². The molecule has 27 heavy (non-hydrogen) atoms. The number of amides is 2. The zero-order valence-electron chi connectivity index (χ0n) is 15.9. The average molecular weight is 416 g/mol. The van der Waals surface area contributed by atoms with E-state index in [-0.39, 0.29) is 23.6 Å².